The number of nitrogens with zero attached hydrogens (tertiary/aromatic N) is 4. The SMILES string of the molecule is CC(C)(C)C(=O)N1CCN(c2cc(Cl)nc(SCC(=O)NCCc3ccc(Cl)cc3Cl)n2)CC1. The number of benzene rings is 1. The van der Waals surface area contributed by atoms with Gasteiger partial charge in [-0.25, -0.2) is 9.97 Å². The summed E-state index contributed by atoms with van der Waals surface area (Å²) in [6, 6.07) is 7.03. The molecule has 1 saturated heterocycles. The molecule has 1 aromatic carbocycles. The van der Waals surface area contributed by atoms with Crippen molar-refractivity contribution in [2.45, 2.75) is 32.3 Å². The number of hydrogen-bond acceptors (Lipinski definition) is 6. The molecule has 7 nitrogen and oxygen atoms in total. The average molecular weight is 545 g/mol. The lowest BCUT2D eigenvalue weighted by Crippen LogP contribution is -2.51. The first kappa shape index (κ1) is 26.9. The van der Waals surface area contributed by atoms with Crippen molar-refractivity contribution in [1.29, 1.82) is 0 Å². The smallest absolute Gasteiger partial charge is 0.230 e. The Morgan fingerprint density at radius 3 is 2.41 bits per heavy atom. The Hall–Kier alpha value is -1.74. The number of carbonyl (C=O) groups excluding carboxylic acids is 2. The highest BCUT2D eigenvalue weighted by Crippen LogP contribution is 2.25. The summed E-state index contributed by atoms with van der Waals surface area (Å²) in [5, 5.41) is 4.79. The van der Waals surface area contributed by atoms with E-state index in [1.54, 1.807) is 18.2 Å². The summed E-state index contributed by atoms with van der Waals surface area (Å²) in [4.78, 5) is 37.6. The minimum atomic E-state index is -0.397. The normalized spacial score (nSPS) is 14.3. The standard InChI is InChI=1S/C23H28Cl3N5O2S/c1-23(2,3)21(33)31-10-8-30(9-11-31)19-13-18(26)28-22(29-19)34-14-20(32)27-7-6-15-4-5-16(24)12-17(15)25/h4-5,12-13H,6-11,14H2,1-3H3,(H,27,32). The van der Waals surface area contributed by atoms with Gasteiger partial charge in [-0.1, -0.05) is 73.4 Å². The molecule has 34 heavy (non-hydrogen) atoms. The van der Waals surface area contributed by atoms with Crippen molar-refractivity contribution in [2.24, 2.45) is 5.41 Å². The molecule has 0 spiro atoms. The fraction of sp³-hybridized carbons (Fsp3) is 0.478. The molecule has 2 amide bonds. The quantitative estimate of drug-likeness (QED) is 0.312. The van der Waals surface area contributed by atoms with E-state index in [1.165, 1.54) is 11.8 Å². The minimum absolute atomic E-state index is 0.130. The molecule has 0 radical (unpaired) electrons. The number of halogens is 3. The Morgan fingerprint density at radius 1 is 1.06 bits per heavy atom. The number of nitrogens with one attached hydrogen (secondary N) is 1. The third kappa shape index (κ3) is 7.63. The van der Waals surface area contributed by atoms with Crippen molar-refractivity contribution in [3.8, 4) is 0 Å². The zero-order valence-electron chi connectivity index (χ0n) is 19.4. The molecule has 0 unspecified atom stereocenters. The van der Waals surface area contributed by atoms with Crippen LogP contribution in [0.4, 0.5) is 5.82 Å². The highest BCUT2D eigenvalue weighted by atomic mass is 35.5. The van der Waals surface area contributed by atoms with Crippen LogP contribution in [-0.2, 0) is 16.0 Å². The molecule has 0 bridgehead atoms. The van der Waals surface area contributed by atoms with Gasteiger partial charge >= 0.3 is 0 Å². The number of rotatable bonds is 7. The molecule has 184 valence electrons. The van der Waals surface area contributed by atoms with Crippen molar-refractivity contribution in [2.75, 3.05) is 43.4 Å². The van der Waals surface area contributed by atoms with E-state index in [4.69, 9.17) is 34.8 Å². The lowest BCUT2D eigenvalue weighted by molar-refractivity contribution is -0.139. The maximum Gasteiger partial charge on any atom is 0.230 e. The third-order valence-corrected chi connectivity index (χ3v) is 6.89. The first-order chi connectivity index (χ1) is 16.0. The summed E-state index contributed by atoms with van der Waals surface area (Å²) in [6.45, 7) is 8.82. The van der Waals surface area contributed by atoms with E-state index in [0.717, 1.165) is 5.56 Å². The minimum Gasteiger partial charge on any atom is -0.355 e. The number of amides is 2. The van der Waals surface area contributed by atoms with Crippen LogP contribution >= 0.6 is 46.6 Å². The van der Waals surface area contributed by atoms with Crippen LogP contribution in [0, 0.1) is 5.41 Å². The largest absolute Gasteiger partial charge is 0.355 e. The summed E-state index contributed by atoms with van der Waals surface area (Å²) >= 11 is 19.5. The van der Waals surface area contributed by atoms with Gasteiger partial charge < -0.3 is 15.1 Å². The molecule has 3 rings (SSSR count). The number of thioether (sulfide) groups is 1. The van der Waals surface area contributed by atoms with E-state index >= 15 is 0 Å². The molecule has 0 aliphatic carbocycles. The van der Waals surface area contributed by atoms with Crippen molar-refractivity contribution >= 4 is 64.2 Å². The van der Waals surface area contributed by atoms with Crippen molar-refractivity contribution in [3.63, 3.8) is 0 Å². The van der Waals surface area contributed by atoms with Gasteiger partial charge in [0, 0.05) is 54.3 Å². The summed E-state index contributed by atoms with van der Waals surface area (Å²) in [7, 11) is 0. The van der Waals surface area contributed by atoms with Crippen LogP contribution in [0.25, 0.3) is 0 Å². The van der Waals surface area contributed by atoms with E-state index in [-0.39, 0.29) is 17.6 Å². The zero-order chi connectivity index (χ0) is 24.9. The molecular weight excluding hydrogens is 517 g/mol. The summed E-state index contributed by atoms with van der Waals surface area (Å²) in [5.41, 5.74) is 0.525. The lowest BCUT2D eigenvalue weighted by Gasteiger charge is -2.38. The van der Waals surface area contributed by atoms with Gasteiger partial charge in [-0.2, -0.15) is 0 Å². The Morgan fingerprint density at radius 2 is 1.76 bits per heavy atom. The van der Waals surface area contributed by atoms with E-state index in [9.17, 15) is 9.59 Å². The predicted molar refractivity (Wildman–Crippen MR) is 139 cm³/mol. The van der Waals surface area contributed by atoms with Crippen LogP contribution < -0.4 is 10.2 Å². The Balaban J connectivity index is 1.49. The lowest BCUT2D eigenvalue weighted by atomic mass is 9.94. The molecule has 1 N–H and O–H groups in total. The van der Waals surface area contributed by atoms with E-state index in [1.807, 2.05) is 31.7 Å². The topological polar surface area (TPSA) is 78.4 Å². The van der Waals surface area contributed by atoms with Gasteiger partial charge in [0.05, 0.1) is 5.75 Å². The highest BCUT2D eigenvalue weighted by Gasteiger charge is 2.30. The number of carbonyl (C=O) groups is 2. The fourth-order valence-electron chi connectivity index (χ4n) is 3.47. The molecule has 2 aromatic rings. The van der Waals surface area contributed by atoms with Crippen LogP contribution in [-0.4, -0.2) is 65.2 Å². The van der Waals surface area contributed by atoms with Crippen LogP contribution in [0.5, 0.6) is 0 Å². The van der Waals surface area contributed by atoms with Crippen LogP contribution in [0.2, 0.25) is 15.2 Å². The van der Waals surface area contributed by atoms with E-state index in [2.05, 4.69) is 20.2 Å². The van der Waals surface area contributed by atoms with Gasteiger partial charge in [-0.05, 0) is 24.1 Å². The number of anilines is 1. The number of piperazine rings is 1. The number of aromatic nitrogens is 2. The molecule has 1 aromatic heterocycles. The zero-order valence-corrected chi connectivity index (χ0v) is 22.5. The summed E-state index contributed by atoms with van der Waals surface area (Å²) < 4.78 is 0. The van der Waals surface area contributed by atoms with Crippen LogP contribution in [0.15, 0.2) is 29.4 Å². The Bertz CT molecular complexity index is 1040. The van der Waals surface area contributed by atoms with Gasteiger partial charge in [0.15, 0.2) is 5.16 Å². The third-order valence-electron chi connectivity index (χ3n) is 5.26. The molecule has 0 saturated carbocycles. The highest BCUT2D eigenvalue weighted by molar-refractivity contribution is 7.99. The van der Waals surface area contributed by atoms with Crippen LogP contribution in [0.3, 0.4) is 0 Å². The average Bonchev–Trinajstić information content (AvgIpc) is 2.78. The molecular formula is C23H28Cl3N5O2S. The van der Waals surface area contributed by atoms with Crippen molar-refractivity contribution in [3.05, 3.63) is 45.0 Å². The van der Waals surface area contributed by atoms with Gasteiger partial charge in [-0.3, -0.25) is 9.59 Å². The van der Waals surface area contributed by atoms with E-state index < -0.39 is 5.41 Å². The molecule has 11 heteroatoms. The second-order valence-electron chi connectivity index (χ2n) is 8.99. The second kappa shape index (κ2) is 11.8. The van der Waals surface area contributed by atoms with Gasteiger partial charge in [0.25, 0.3) is 0 Å². The number of hydrogen-bond donors (Lipinski definition) is 1. The maximum atomic E-state index is 12.5. The monoisotopic (exact) mass is 543 g/mol. The molecule has 1 aliphatic heterocycles. The van der Waals surface area contributed by atoms with Crippen molar-refractivity contribution < 1.29 is 9.59 Å². The Labute approximate surface area is 219 Å². The second-order valence-corrected chi connectivity index (χ2v) is 11.2. The molecule has 1 fully saturated rings. The Kier molecular flexibility index (Phi) is 9.32. The van der Waals surface area contributed by atoms with Gasteiger partial charge in [0.1, 0.15) is 11.0 Å². The predicted octanol–water partition coefficient (Wildman–Crippen LogP) is 4.58. The fourth-order valence-corrected chi connectivity index (χ4v) is 4.88. The van der Waals surface area contributed by atoms with E-state index in [0.29, 0.717) is 65.3 Å². The summed E-state index contributed by atoms with van der Waals surface area (Å²) in [5.74, 6) is 0.883. The van der Waals surface area contributed by atoms with Crippen molar-refractivity contribution in [1.82, 2.24) is 20.2 Å². The summed E-state index contributed by atoms with van der Waals surface area (Å²) in [6.07, 6.45) is 0.605. The first-order valence-corrected chi connectivity index (χ1v) is 13.1. The van der Waals surface area contributed by atoms with Gasteiger partial charge in [-0.15, -0.1) is 0 Å². The molecule has 0 atom stereocenters. The molecule has 2 heterocycles. The first-order valence-electron chi connectivity index (χ1n) is 11.0. The van der Waals surface area contributed by atoms with Gasteiger partial charge in [0.2, 0.25) is 11.8 Å². The molecule has 1 aliphatic rings. The van der Waals surface area contributed by atoms with Crippen LogP contribution in [0.1, 0.15) is 26.3 Å². The maximum absolute atomic E-state index is 12.5.